The van der Waals surface area contributed by atoms with Crippen LogP contribution in [0.5, 0.6) is 5.75 Å². The molecule has 0 aliphatic rings. The van der Waals surface area contributed by atoms with Crippen molar-refractivity contribution in [3.8, 4) is 5.75 Å². The summed E-state index contributed by atoms with van der Waals surface area (Å²) >= 11 is 0. The molecule has 0 aliphatic carbocycles. The highest BCUT2D eigenvalue weighted by Gasteiger charge is 2.17. The third kappa shape index (κ3) is 4.44. The topological polar surface area (TPSA) is 62.7 Å². The quantitative estimate of drug-likeness (QED) is 0.490. The number of nitrogens with zero attached hydrogens (tertiary/aromatic N) is 1. The number of amides is 1. The summed E-state index contributed by atoms with van der Waals surface area (Å²) in [5.74, 6) is 0.503. The van der Waals surface area contributed by atoms with Crippen LogP contribution in [-0.4, -0.2) is 25.3 Å². The fraction of sp³-hybridized carbons (Fsp3) is 0.182. The summed E-state index contributed by atoms with van der Waals surface area (Å²) in [6.45, 7) is 1.95. The van der Waals surface area contributed by atoms with Crippen LogP contribution < -0.4 is 15.5 Å². The number of hydrazone groups is 1. The van der Waals surface area contributed by atoms with Crippen molar-refractivity contribution >= 4 is 28.6 Å². The molecule has 3 aromatic carbocycles. The van der Waals surface area contributed by atoms with E-state index < -0.39 is 6.04 Å². The lowest BCUT2D eigenvalue weighted by Crippen LogP contribution is -2.37. The number of nitrogens with one attached hydrogen (secondary N) is 2. The van der Waals surface area contributed by atoms with Crippen LogP contribution in [0.25, 0.3) is 10.8 Å². The third-order valence-corrected chi connectivity index (χ3v) is 4.36. The van der Waals surface area contributed by atoms with Crippen molar-refractivity contribution in [3.05, 3.63) is 72.3 Å². The molecular weight excluding hydrogens is 338 g/mol. The second-order valence-electron chi connectivity index (χ2n) is 6.11. The van der Waals surface area contributed by atoms with Crippen molar-refractivity contribution in [3.63, 3.8) is 0 Å². The highest BCUT2D eigenvalue weighted by Crippen LogP contribution is 2.24. The Morgan fingerprint density at radius 1 is 1.07 bits per heavy atom. The van der Waals surface area contributed by atoms with Crippen molar-refractivity contribution < 1.29 is 9.53 Å². The summed E-state index contributed by atoms with van der Waals surface area (Å²) in [6.07, 6.45) is 2.30. The molecule has 0 aromatic heterocycles. The lowest BCUT2D eigenvalue weighted by Gasteiger charge is -2.18. The molecule has 1 atom stereocenters. The summed E-state index contributed by atoms with van der Waals surface area (Å²) in [4.78, 5) is 12.5. The number of anilines is 1. The van der Waals surface area contributed by atoms with Crippen molar-refractivity contribution in [2.75, 3.05) is 12.4 Å². The van der Waals surface area contributed by atoms with E-state index in [0.717, 1.165) is 22.0 Å². The van der Waals surface area contributed by atoms with Crippen LogP contribution in [0, 0.1) is 0 Å². The molecule has 5 heteroatoms. The molecule has 0 aliphatic heterocycles. The predicted octanol–water partition coefficient (Wildman–Crippen LogP) is 4.19. The molecule has 1 unspecified atom stereocenters. The van der Waals surface area contributed by atoms with E-state index >= 15 is 0 Å². The predicted molar refractivity (Wildman–Crippen MR) is 110 cm³/mol. The monoisotopic (exact) mass is 361 g/mol. The summed E-state index contributed by atoms with van der Waals surface area (Å²) in [5.41, 5.74) is 4.37. The average molecular weight is 361 g/mol. The van der Waals surface area contributed by atoms with Crippen LogP contribution >= 0.6 is 0 Å². The zero-order chi connectivity index (χ0) is 19.1. The van der Waals surface area contributed by atoms with Gasteiger partial charge in [0, 0.05) is 5.56 Å². The summed E-state index contributed by atoms with van der Waals surface area (Å²) in [6, 6.07) is 21.2. The average Bonchev–Trinajstić information content (AvgIpc) is 2.72. The summed E-state index contributed by atoms with van der Waals surface area (Å²) < 4.78 is 5.33. The molecule has 0 saturated carbocycles. The smallest absolute Gasteiger partial charge is 0.262 e. The van der Waals surface area contributed by atoms with E-state index in [9.17, 15) is 4.79 Å². The van der Waals surface area contributed by atoms with Crippen molar-refractivity contribution in [1.29, 1.82) is 0 Å². The Morgan fingerprint density at radius 3 is 2.63 bits per heavy atom. The van der Waals surface area contributed by atoms with Gasteiger partial charge in [-0.1, -0.05) is 61.5 Å². The molecule has 0 heterocycles. The Hall–Kier alpha value is -3.34. The first kappa shape index (κ1) is 18.5. The minimum atomic E-state index is -0.411. The first-order valence-corrected chi connectivity index (χ1v) is 8.93. The zero-order valence-electron chi connectivity index (χ0n) is 15.5. The van der Waals surface area contributed by atoms with Crippen LogP contribution in [0.4, 0.5) is 5.69 Å². The first-order chi connectivity index (χ1) is 13.2. The minimum absolute atomic E-state index is 0.195. The number of carbonyl (C=O) groups is 1. The Bertz CT molecular complexity index is 948. The number of hydrogen-bond acceptors (Lipinski definition) is 4. The van der Waals surface area contributed by atoms with E-state index in [-0.39, 0.29) is 5.91 Å². The van der Waals surface area contributed by atoms with Crippen LogP contribution in [-0.2, 0) is 4.79 Å². The van der Waals surface area contributed by atoms with E-state index in [0.29, 0.717) is 12.2 Å². The normalized spacial score (nSPS) is 12.1. The van der Waals surface area contributed by atoms with Gasteiger partial charge in [-0.25, -0.2) is 5.43 Å². The molecular formula is C22H23N3O2. The third-order valence-electron chi connectivity index (χ3n) is 4.36. The Balaban J connectivity index is 1.69. The van der Waals surface area contributed by atoms with E-state index in [4.69, 9.17) is 4.74 Å². The summed E-state index contributed by atoms with van der Waals surface area (Å²) in [5, 5.41) is 9.60. The number of fused-ring (bicyclic) bond motifs is 1. The number of benzene rings is 3. The number of carbonyl (C=O) groups excluding carboxylic acids is 1. The van der Waals surface area contributed by atoms with E-state index in [1.54, 1.807) is 13.3 Å². The highest BCUT2D eigenvalue weighted by molar-refractivity contribution is 6.00. The second-order valence-corrected chi connectivity index (χ2v) is 6.11. The fourth-order valence-corrected chi connectivity index (χ4v) is 2.91. The molecule has 0 spiro atoms. The summed E-state index contributed by atoms with van der Waals surface area (Å²) in [7, 11) is 1.61. The van der Waals surface area contributed by atoms with Gasteiger partial charge in [-0.3, -0.25) is 4.79 Å². The molecule has 0 radical (unpaired) electrons. The molecule has 5 nitrogen and oxygen atoms in total. The number of methoxy groups -OCH3 is 1. The van der Waals surface area contributed by atoms with Crippen LogP contribution in [0.15, 0.2) is 71.8 Å². The van der Waals surface area contributed by atoms with Crippen molar-refractivity contribution in [1.82, 2.24) is 5.43 Å². The Kier molecular flexibility index (Phi) is 6.05. The van der Waals surface area contributed by atoms with Gasteiger partial charge in [0.05, 0.1) is 19.0 Å². The van der Waals surface area contributed by atoms with Crippen molar-refractivity contribution in [2.24, 2.45) is 5.10 Å². The Morgan fingerprint density at radius 2 is 1.81 bits per heavy atom. The van der Waals surface area contributed by atoms with Crippen LogP contribution in [0.2, 0.25) is 0 Å². The molecule has 0 bridgehead atoms. The van der Waals surface area contributed by atoms with E-state index in [2.05, 4.69) is 28.0 Å². The molecule has 0 saturated heterocycles. The Labute approximate surface area is 159 Å². The molecule has 138 valence electrons. The SMILES string of the molecule is CCC(Nc1ccccc1OC)C(=O)NN=Cc1cccc2ccccc12. The molecule has 3 rings (SSSR count). The van der Waals surface area contributed by atoms with Gasteiger partial charge in [0.1, 0.15) is 11.8 Å². The molecule has 3 aromatic rings. The maximum absolute atomic E-state index is 12.5. The van der Waals surface area contributed by atoms with Gasteiger partial charge in [0.2, 0.25) is 0 Å². The van der Waals surface area contributed by atoms with E-state index in [1.807, 2.05) is 61.5 Å². The largest absolute Gasteiger partial charge is 0.495 e. The van der Waals surface area contributed by atoms with Gasteiger partial charge in [-0.15, -0.1) is 0 Å². The zero-order valence-corrected chi connectivity index (χ0v) is 15.5. The first-order valence-electron chi connectivity index (χ1n) is 8.93. The fourth-order valence-electron chi connectivity index (χ4n) is 2.91. The number of hydrogen-bond donors (Lipinski definition) is 2. The minimum Gasteiger partial charge on any atom is -0.495 e. The van der Waals surface area contributed by atoms with Gasteiger partial charge >= 0.3 is 0 Å². The van der Waals surface area contributed by atoms with Gasteiger partial charge < -0.3 is 10.1 Å². The van der Waals surface area contributed by atoms with Gasteiger partial charge in [0.25, 0.3) is 5.91 Å². The van der Waals surface area contributed by atoms with Gasteiger partial charge in [-0.2, -0.15) is 5.10 Å². The van der Waals surface area contributed by atoms with Crippen LogP contribution in [0.1, 0.15) is 18.9 Å². The molecule has 2 N–H and O–H groups in total. The van der Waals surface area contributed by atoms with Gasteiger partial charge in [-0.05, 0) is 29.3 Å². The van der Waals surface area contributed by atoms with E-state index in [1.165, 1.54) is 0 Å². The number of para-hydroxylation sites is 2. The number of ether oxygens (including phenoxy) is 1. The maximum Gasteiger partial charge on any atom is 0.262 e. The maximum atomic E-state index is 12.5. The molecule has 0 fully saturated rings. The number of rotatable bonds is 7. The standard InChI is InChI=1S/C22H23N3O2/c1-3-19(24-20-13-6-7-14-21(20)27-2)22(26)25-23-15-17-11-8-10-16-9-4-5-12-18(16)17/h4-15,19,24H,3H2,1-2H3,(H,25,26). The second kappa shape index (κ2) is 8.85. The molecule has 1 amide bonds. The lowest BCUT2D eigenvalue weighted by molar-refractivity contribution is -0.121. The lowest BCUT2D eigenvalue weighted by atomic mass is 10.1. The van der Waals surface area contributed by atoms with Gasteiger partial charge in [0.15, 0.2) is 0 Å². The van der Waals surface area contributed by atoms with Crippen LogP contribution in [0.3, 0.4) is 0 Å². The highest BCUT2D eigenvalue weighted by atomic mass is 16.5. The molecule has 27 heavy (non-hydrogen) atoms. The van der Waals surface area contributed by atoms with Crippen molar-refractivity contribution in [2.45, 2.75) is 19.4 Å².